The van der Waals surface area contributed by atoms with Gasteiger partial charge in [-0.05, 0) is 19.8 Å². The average molecular weight is 171 g/mol. The van der Waals surface area contributed by atoms with E-state index in [-0.39, 0.29) is 5.97 Å². The second-order valence-corrected chi connectivity index (χ2v) is 2.87. The molecule has 0 aliphatic carbocycles. The van der Waals surface area contributed by atoms with Crippen LogP contribution in [0.2, 0.25) is 0 Å². The molecule has 0 N–H and O–H groups in total. The first-order chi connectivity index (χ1) is 5.66. The lowest BCUT2D eigenvalue weighted by Crippen LogP contribution is -1.97. The van der Waals surface area contributed by atoms with Crippen LogP contribution < -0.4 is 0 Å². The van der Waals surface area contributed by atoms with Crippen molar-refractivity contribution in [1.29, 1.82) is 0 Å². The third-order valence-electron chi connectivity index (χ3n) is 1.47. The Morgan fingerprint density at radius 2 is 2.00 bits per heavy atom. The minimum atomic E-state index is -0.357. The van der Waals surface area contributed by atoms with Crippen molar-refractivity contribution in [1.82, 2.24) is 0 Å². The number of carbonyl (C=O) groups is 1. The highest BCUT2D eigenvalue weighted by Gasteiger charge is 1.94. The largest absolute Gasteiger partial charge is 0.331 e. The van der Waals surface area contributed by atoms with Crippen LogP contribution in [0.1, 0.15) is 46.5 Å². The Hall–Kier alpha value is -0.860. The third kappa shape index (κ3) is 7.25. The Labute approximate surface area is 73.8 Å². The second kappa shape index (κ2) is 6.83. The van der Waals surface area contributed by atoms with Gasteiger partial charge in [-0.2, -0.15) is 0 Å². The maximum absolute atomic E-state index is 10.3. The first-order valence-corrected chi connectivity index (χ1v) is 4.38. The van der Waals surface area contributed by atoms with Crippen LogP contribution >= 0.6 is 0 Å². The van der Waals surface area contributed by atoms with Crippen molar-refractivity contribution in [2.24, 2.45) is 5.16 Å². The third-order valence-corrected chi connectivity index (χ3v) is 1.47. The molecule has 0 saturated heterocycles. The minimum absolute atomic E-state index is 0.357. The van der Waals surface area contributed by atoms with Crippen LogP contribution in [0.4, 0.5) is 0 Å². The highest BCUT2D eigenvalue weighted by molar-refractivity contribution is 5.82. The fraction of sp³-hybridized carbons (Fsp3) is 0.778. The van der Waals surface area contributed by atoms with Crippen LogP contribution in [0.15, 0.2) is 5.16 Å². The normalized spacial score (nSPS) is 11.4. The molecule has 0 aliphatic rings. The van der Waals surface area contributed by atoms with Crippen LogP contribution in [0.5, 0.6) is 0 Å². The highest BCUT2D eigenvalue weighted by Crippen LogP contribution is 2.00. The Morgan fingerprint density at radius 3 is 2.50 bits per heavy atom. The Balaban J connectivity index is 3.49. The van der Waals surface area contributed by atoms with Crippen LogP contribution in [-0.2, 0) is 9.63 Å². The molecule has 0 aromatic heterocycles. The van der Waals surface area contributed by atoms with E-state index in [1.54, 1.807) is 0 Å². The fourth-order valence-corrected chi connectivity index (χ4v) is 0.819. The van der Waals surface area contributed by atoms with E-state index in [1.807, 2.05) is 6.92 Å². The SMILES string of the molecule is CCCCCC(C)=NOC(C)=O. The van der Waals surface area contributed by atoms with E-state index in [0.29, 0.717) is 0 Å². The molecule has 0 bridgehead atoms. The summed E-state index contributed by atoms with van der Waals surface area (Å²) >= 11 is 0. The monoisotopic (exact) mass is 171 g/mol. The van der Waals surface area contributed by atoms with Gasteiger partial charge in [0.1, 0.15) is 0 Å². The fourth-order valence-electron chi connectivity index (χ4n) is 0.819. The van der Waals surface area contributed by atoms with E-state index >= 15 is 0 Å². The van der Waals surface area contributed by atoms with Crippen molar-refractivity contribution in [2.75, 3.05) is 0 Å². The zero-order valence-electron chi connectivity index (χ0n) is 8.09. The van der Waals surface area contributed by atoms with Crippen molar-refractivity contribution >= 4 is 11.7 Å². The first-order valence-electron chi connectivity index (χ1n) is 4.38. The number of hydrogen-bond acceptors (Lipinski definition) is 3. The Bertz CT molecular complexity index is 164. The summed E-state index contributed by atoms with van der Waals surface area (Å²) in [5, 5.41) is 3.66. The molecule has 0 amide bonds. The summed E-state index contributed by atoms with van der Waals surface area (Å²) in [4.78, 5) is 14.8. The van der Waals surface area contributed by atoms with Gasteiger partial charge >= 0.3 is 5.97 Å². The van der Waals surface area contributed by atoms with Gasteiger partial charge < -0.3 is 4.84 Å². The van der Waals surface area contributed by atoms with Gasteiger partial charge in [-0.3, -0.25) is 0 Å². The van der Waals surface area contributed by atoms with Gasteiger partial charge in [0.05, 0.1) is 5.71 Å². The molecule has 0 aliphatic heterocycles. The zero-order chi connectivity index (χ0) is 9.40. The molecule has 0 unspecified atom stereocenters. The van der Waals surface area contributed by atoms with Gasteiger partial charge in [-0.25, -0.2) is 4.79 Å². The number of carbonyl (C=O) groups excluding carboxylic acids is 1. The molecular formula is C9H17NO2. The minimum Gasteiger partial charge on any atom is -0.319 e. The van der Waals surface area contributed by atoms with Crippen molar-refractivity contribution in [3.63, 3.8) is 0 Å². The number of unbranched alkanes of at least 4 members (excludes halogenated alkanes) is 2. The number of nitrogens with zero attached hydrogens (tertiary/aromatic N) is 1. The molecule has 70 valence electrons. The molecule has 0 saturated carbocycles. The van der Waals surface area contributed by atoms with Crippen LogP contribution in [-0.4, -0.2) is 11.7 Å². The molecule has 3 nitrogen and oxygen atoms in total. The summed E-state index contributed by atoms with van der Waals surface area (Å²) in [6, 6.07) is 0. The average Bonchev–Trinajstić information content (AvgIpc) is 2.01. The molecule has 0 heterocycles. The van der Waals surface area contributed by atoms with E-state index in [2.05, 4.69) is 16.9 Å². The highest BCUT2D eigenvalue weighted by atomic mass is 16.7. The van der Waals surface area contributed by atoms with E-state index in [0.717, 1.165) is 18.6 Å². The van der Waals surface area contributed by atoms with Gasteiger partial charge in [-0.1, -0.05) is 24.9 Å². The van der Waals surface area contributed by atoms with E-state index in [1.165, 1.54) is 19.8 Å². The maximum atomic E-state index is 10.3. The van der Waals surface area contributed by atoms with Crippen molar-refractivity contribution in [2.45, 2.75) is 46.5 Å². The number of hydrogen-bond donors (Lipinski definition) is 0. The molecule has 0 aromatic rings. The summed E-state index contributed by atoms with van der Waals surface area (Å²) in [6.07, 6.45) is 4.43. The topological polar surface area (TPSA) is 38.7 Å². The molecule has 0 fully saturated rings. The number of oxime groups is 1. The predicted octanol–water partition coefficient (Wildman–Crippen LogP) is 2.51. The summed E-state index contributed by atoms with van der Waals surface area (Å²) in [7, 11) is 0. The van der Waals surface area contributed by atoms with Crippen molar-refractivity contribution < 1.29 is 9.63 Å². The van der Waals surface area contributed by atoms with Gasteiger partial charge in [-0.15, -0.1) is 0 Å². The molecule has 0 aromatic carbocycles. The van der Waals surface area contributed by atoms with Crippen LogP contribution in [0, 0.1) is 0 Å². The van der Waals surface area contributed by atoms with Gasteiger partial charge in [0.15, 0.2) is 0 Å². The standard InChI is InChI=1S/C9H17NO2/c1-4-5-6-7-8(2)10-12-9(3)11/h4-7H2,1-3H3. The summed E-state index contributed by atoms with van der Waals surface area (Å²) in [5.74, 6) is -0.357. The lowest BCUT2D eigenvalue weighted by molar-refractivity contribution is -0.140. The molecule has 0 radical (unpaired) electrons. The second-order valence-electron chi connectivity index (χ2n) is 2.87. The predicted molar refractivity (Wildman–Crippen MR) is 49.0 cm³/mol. The van der Waals surface area contributed by atoms with E-state index in [9.17, 15) is 4.79 Å². The summed E-state index contributed by atoms with van der Waals surface area (Å²) < 4.78 is 0. The quantitative estimate of drug-likeness (QED) is 0.276. The summed E-state index contributed by atoms with van der Waals surface area (Å²) in [6.45, 7) is 5.37. The Kier molecular flexibility index (Phi) is 6.34. The molecule has 0 atom stereocenters. The van der Waals surface area contributed by atoms with Crippen LogP contribution in [0.3, 0.4) is 0 Å². The first kappa shape index (κ1) is 11.1. The zero-order valence-corrected chi connectivity index (χ0v) is 8.09. The number of rotatable bonds is 5. The van der Waals surface area contributed by atoms with Crippen LogP contribution in [0.25, 0.3) is 0 Å². The van der Waals surface area contributed by atoms with E-state index < -0.39 is 0 Å². The lowest BCUT2D eigenvalue weighted by atomic mass is 10.1. The van der Waals surface area contributed by atoms with Crippen molar-refractivity contribution in [3.8, 4) is 0 Å². The Morgan fingerprint density at radius 1 is 1.33 bits per heavy atom. The lowest BCUT2D eigenvalue weighted by Gasteiger charge is -1.97. The smallest absolute Gasteiger partial charge is 0.319 e. The van der Waals surface area contributed by atoms with Gasteiger partial charge in [0, 0.05) is 6.92 Å². The van der Waals surface area contributed by atoms with E-state index in [4.69, 9.17) is 0 Å². The van der Waals surface area contributed by atoms with Gasteiger partial charge in [0.25, 0.3) is 0 Å². The molecule has 12 heavy (non-hydrogen) atoms. The van der Waals surface area contributed by atoms with Gasteiger partial charge in [0.2, 0.25) is 0 Å². The summed E-state index contributed by atoms with van der Waals surface area (Å²) in [5.41, 5.74) is 0.888. The molecule has 0 spiro atoms. The van der Waals surface area contributed by atoms with Crippen molar-refractivity contribution in [3.05, 3.63) is 0 Å². The maximum Gasteiger partial charge on any atom is 0.331 e. The molecule has 0 rings (SSSR count). The molecule has 3 heteroatoms. The molecular weight excluding hydrogens is 154 g/mol.